The molecule has 0 aliphatic carbocycles. The molecule has 3 aromatic rings. The fraction of sp³-hybridized carbons (Fsp3) is 0.250. The van der Waals surface area contributed by atoms with Gasteiger partial charge in [0.25, 0.3) is 0 Å². The summed E-state index contributed by atoms with van der Waals surface area (Å²) >= 11 is 7.44. The summed E-state index contributed by atoms with van der Waals surface area (Å²) in [5.41, 5.74) is 1.74. The second-order valence-electron chi connectivity index (χ2n) is 5.89. The second-order valence-corrected chi connectivity index (χ2v) is 7.27. The minimum atomic E-state index is -0.295. The summed E-state index contributed by atoms with van der Waals surface area (Å²) in [5, 5.41) is 13.1. The van der Waals surface area contributed by atoms with Crippen LogP contribution >= 0.6 is 23.4 Å². The van der Waals surface area contributed by atoms with Gasteiger partial charge in [-0.25, -0.2) is 0 Å². The Hall–Kier alpha value is -2.71. The van der Waals surface area contributed by atoms with E-state index in [2.05, 4.69) is 15.5 Å². The molecule has 29 heavy (non-hydrogen) atoms. The highest BCUT2D eigenvalue weighted by Gasteiger charge is 2.16. The number of carbonyl (C=O) groups is 1. The molecular weight excluding hydrogens is 412 g/mol. The Bertz CT molecular complexity index is 963. The maximum Gasteiger partial charge on any atom is 0.316 e. The van der Waals surface area contributed by atoms with Crippen LogP contribution in [0.15, 0.2) is 53.7 Å². The standard InChI is InChI=1S/C20H21ClN4O3S/c1-3-28-19(26)13-29-20-24-23-18(25(20)16-6-4-5-14(21)11-16)12-22-15-7-9-17(27-2)10-8-15/h4-11,22H,3,12-13H2,1-2H3. The van der Waals surface area contributed by atoms with E-state index in [1.807, 2.05) is 47.0 Å². The van der Waals surface area contributed by atoms with Crippen molar-refractivity contribution < 1.29 is 14.3 Å². The number of nitrogens with zero attached hydrogens (tertiary/aromatic N) is 3. The smallest absolute Gasteiger partial charge is 0.316 e. The number of methoxy groups -OCH3 is 1. The van der Waals surface area contributed by atoms with Gasteiger partial charge in [0.05, 0.1) is 31.7 Å². The van der Waals surface area contributed by atoms with Gasteiger partial charge in [0, 0.05) is 10.7 Å². The van der Waals surface area contributed by atoms with Crippen molar-refractivity contribution in [2.45, 2.75) is 18.6 Å². The van der Waals surface area contributed by atoms with Gasteiger partial charge in [0.2, 0.25) is 0 Å². The van der Waals surface area contributed by atoms with Crippen LogP contribution in [0.2, 0.25) is 5.02 Å². The molecule has 0 amide bonds. The van der Waals surface area contributed by atoms with Crippen LogP contribution in [0.1, 0.15) is 12.7 Å². The third-order valence-electron chi connectivity index (χ3n) is 3.93. The first-order valence-electron chi connectivity index (χ1n) is 8.97. The van der Waals surface area contributed by atoms with Gasteiger partial charge in [-0.2, -0.15) is 0 Å². The zero-order chi connectivity index (χ0) is 20.6. The van der Waals surface area contributed by atoms with Crippen molar-refractivity contribution in [3.05, 3.63) is 59.4 Å². The first-order chi connectivity index (χ1) is 14.1. The van der Waals surface area contributed by atoms with E-state index in [4.69, 9.17) is 21.1 Å². The lowest BCUT2D eigenvalue weighted by molar-refractivity contribution is -0.139. The van der Waals surface area contributed by atoms with Crippen molar-refractivity contribution in [1.82, 2.24) is 14.8 Å². The number of benzene rings is 2. The molecule has 0 unspecified atom stereocenters. The van der Waals surface area contributed by atoms with Crippen LogP contribution in [-0.2, 0) is 16.1 Å². The number of hydrogen-bond acceptors (Lipinski definition) is 7. The predicted molar refractivity (Wildman–Crippen MR) is 114 cm³/mol. The Kier molecular flexibility index (Phi) is 7.37. The van der Waals surface area contributed by atoms with Gasteiger partial charge in [-0.1, -0.05) is 29.4 Å². The van der Waals surface area contributed by atoms with Gasteiger partial charge < -0.3 is 14.8 Å². The van der Waals surface area contributed by atoms with E-state index in [-0.39, 0.29) is 11.7 Å². The van der Waals surface area contributed by atoms with Crippen molar-refractivity contribution >= 4 is 35.0 Å². The largest absolute Gasteiger partial charge is 0.497 e. The molecule has 0 atom stereocenters. The molecule has 0 spiro atoms. The van der Waals surface area contributed by atoms with Crippen LogP contribution in [0.4, 0.5) is 5.69 Å². The van der Waals surface area contributed by atoms with Gasteiger partial charge in [0.15, 0.2) is 11.0 Å². The highest BCUT2D eigenvalue weighted by Crippen LogP contribution is 2.25. The van der Waals surface area contributed by atoms with E-state index in [1.54, 1.807) is 20.1 Å². The molecule has 9 heteroatoms. The van der Waals surface area contributed by atoms with Gasteiger partial charge >= 0.3 is 5.97 Å². The Morgan fingerprint density at radius 3 is 2.69 bits per heavy atom. The normalized spacial score (nSPS) is 10.6. The molecule has 0 aliphatic heterocycles. The summed E-state index contributed by atoms with van der Waals surface area (Å²) < 4.78 is 12.1. The fourth-order valence-electron chi connectivity index (χ4n) is 2.60. The van der Waals surface area contributed by atoms with Crippen molar-refractivity contribution in [3.63, 3.8) is 0 Å². The van der Waals surface area contributed by atoms with E-state index in [1.165, 1.54) is 11.8 Å². The Morgan fingerprint density at radius 1 is 1.21 bits per heavy atom. The molecule has 1 N–H and O–H groups in total. The zero-order valence-corrected chi connectivity index (χ0v) is 17.7. The molecule has 1 heterocycles. The summed E-state index contributed by atoms with van der Waals surface area (Å²) in [7, 11) is 1.63. The number of aromatic nitrogens is 3. The van der Waals surface area contributed by atoms with E-state index in [0.29, 0.717) is 29.2 Å². The quantitative estimate of drug-likeness (QED) is 0.401. The molecule has 1 aromatic heterocycles. The Balaban J connectivity index is 1.82. The molecule has 7 nitrogen and oxygen atoms in total. The average molecular weight is 433 g/mol. The number of halogens is 1. The Labute approximate surface area is 178 Å². The lowest BCUT2D eigenvalue weighted by atomic mass is 10.3. The molecule has 3 rings (SSSR count). The van der Waals surface area contributed by atoms with Crippen molar-refractivity contribution in [3.8, 4) is 11.4 Å². The number of rotatable bonds is 9. The zero-order valence-electron chi connectivity index (χ0n) is 16.1. The Morgan fingerprint density at radius 2 is 2.00 bits per heavy atom. The maximum absolute atomic E-state index is 11.7. The minimum Gasteiger partial charge on any atom is -0.497 e. The van der Waals surface area contributed by atoms with E-state index in [0.717, 1.165) is 17.1 Å². The first-order valence-corrected chi connectivity index (χ1v) is 10.3. The van der Waals surface area contributed by atoms with Gasteiger partial charge in [0.1, 0.15) is 5.75 Å². The highest BCUT2D eigenvalue weighted by molar-refractivity contribution is 7.99. The summed E-state index contributed by atoms with van der Waals surface area (Å²) in [5.74, 6) is 1.33. The van der Waals surface area contributed by atoms with Crippen LogP contribution < -0.4 is 10.1 Å². The van der Waals surface area contributed by atoms with Gasteiger partial charge in [-0.05, 0) is 49.4 Å². The predicted octanol–water partition coefficient (Wildman–Crippen LogP) is 4.20. The van der Waals surface area contributed by atoms with E-state index < -0.39 is 0 Å². The average Bonchev–Trinajstić information content (AvgIpc) is 3.14. The topological polar surface area (TPSA) is 78.3 Å². The van der Waals surface area contributed by atoms with Crippen LogP contribution in [-0.4, -0.2) is 40.2 Å². The maximum atomic E-state index is 11.7. The molecule has 0 bridgehead atoms. The lowest BCUT2D eigenvalue weighted by Crippen LogP contribution is -2.10. The monoisotopic (exact) mass is 432 g/mol. The minimum absolute atomic E-state index is 0.151. The van der Waals surface area contributed by atoms with E-state index in [9.17, 15) is 4.79 Å². The summed E-state index contributed by atoms with van der Waals surface area (Å²) in [4.78, 5) is 11.7. The SMILES string of the molecule is CCOC(=O)CSc1nnc(CNc2ccc(OC)cc2)n1-c1cccc(Cl)c1. The molecule has 0 saturated carbocycles. The number of carbonyl (C=O) groups excluding carboxylic acids is 1. The fourth-order valence-corrected chi connectivity index (χ4v) is 3.55. The van der Waals surface area contributed by atoms with Gasteiger partial charge in [-0.3, -0.25) is 9.36 Å². The highest BCUT2D eigenvalue weighted by atomic mass is 35.5. The number of ether oxygens (including phenoxy) is 2. The van der Waals surface area contributed by atoms with Crippen LogP contribution in [0.5, 0.6) is 5.75 Å². The van der Waals surface area contributed by atoms with E-state index >= 15 is 0 Å². The van der Waals surface area contributed by atoms with Crippen molar-refractivity contribution in [1.29, 1.82) is 0 Å². The van der Waals surface area contributed by atoms with Crippen molar-refractivity contribution in [2.24, 2.45) is 0 Å². The summed E-state index contributed by atoms with van der Waals surface area (Å²) in [6, 6.07) is 15.0. The molecule has 0 fully saturated rings. The third-order valence-corrected chi connectivity index (χ3v) is 5.07. The number of esters is 1. The molecule has 0 saturated heterocycles. The van der Waals surface area contributed by atoms with Crippen LogP contribution in [0, 0.1) is 0 Å². The molecule has 152 valence electrons. The third kappa shape index (κ3) is 5.65. The molecule has 2 aromatic carbocycles. The first kappa shape index (κ1) is 21.0. The van der Waals surface area contributed by atoms with Crippen molar-refractivity contribution in [2.75, 3.05) is 24.8 Å². The molecule has 0 aliphatic rings. The summed E-state index contributed by atoms with van der Waals surface area (Å²) in [6.45, 7) is 2.56. The molecular formula is C20H21ClN4O3S. The summed E-state index contributed by atoms with van der Waals surface area (Å²) in [6.07, 6.45) is 0. The number of anilines is 1. The lowest BCUT2D eigenvalue weighted by Gasteiger charge is -2.12. The van der Waals surface area contributed by atoms with Crippen LogP contribution in [0.25, 0.3) is 5.69 Å². The van der Waals surface area contributed by atoms with Crippen LogP contribution in [0.3, 0.4) is 0 Å². The number of nitrogens with one attached hydrogen (secondary N) is 1. The molecule has 0 radical (unpaired) electrons. The van der Waals surface area contributed by atoms with Gasteiger partial charge in [-0.15, -0.1) is 10.2 Å². The number of thioether (sulfide) groups is 1. The number of hydrogen-bond donors (Lipinski definition) is 1. The second kappa shape index (κ2) is 10.2.